The maximum Gasteiger partial charge on any atom is 0.140 e. The zero-order chi connectivity index (χ0) is 13.8. The van der Waals surface area contributed by atoms with Crippen molar-refractivity contribution in [2.45, 2.75) is 25.9 Å². The lowest BCUT2D eigenvalue weighted by atomic mass is 10.0. The molecule has 3 rings (SSSR count). The van der Waals surface area contributed by atoms with Gasteiger partial charge in [-0.15, -0.1) is 0 Å². The first-order valence-corrected chi connectivity index (χ1v) is 6.99. The van der Waals surface area contributed by atoms with Gasteiger partial charge in [-0.3, -0.25) is 4.90 Å². The molecule has 0 amide bonds. The van der Waals surface area contributed by atoms with Crippen LogP contribution in [0.5, 0.6) is 0 Å². The van der Waals surface area contributed by atoms with Crippen LogP contribution < -0.4 is 0 Å². The number of hydrogen-bond acceptors (Lipinski definition) is 3. The number of nitrogens with zero attached hydrogens (tertiary/aromatic N) is 3. The minimum atomic E-state index is 0.498. The minimum absolute atomic E-state index is 0.498. The highest BCUT2D eigenvalue weighted by molar-refractivity contribution is 5.29. The molecule has 1 aliphatic heterocycles. The van der Waals surface area contributed by atoms with Crippen LogP contribution in [0.3, 0.4) is 0 Å². The lowest BCUT2D eigenvalue weighted by Gasteiger charge is -2.20. The lowest BCUT2D eigenvalue weighted by molar-refractivity contribution is 0.261. The molecule has 2 heterocycles. The van der Waals surface area contributed by atoms with Crippen LogP contribution in [-0.2, 0) is 19.5 Å². The predicted octanol–water partition coefficient (Wildman–Crippen LogP) is 2.90. The average Bonchev–Trinajstić information content (AvgIpc) is 2.69. The summed E-state index contributed by atoms with van der Waals surface area (Å²) in [6, 6.07) is 14.7. The van der Waals surface area contributed by atoms with Gasteiger partial charge < -0.3 is 0 Å². The van der Waals surface area contributed by atoms with E-state index in [1.165, 1.54) is 17.5 Å². The highest BCUT2D eigenvalue weighted by atomic mass is 15.1. The Bertz CT molecular complexity index is 643. The molecule has 0 saturated heterocycles. The van der Waals surface area contributed by atoms with Crippen molar-refractivity contribution < 1.29 is 0 Å². The SMILES string of the molecule is N#Cc1cc(CN2CCCc3ccccc3C2)ccn1. The van der Waals surface area contributed by atoms with Crippen LogP contribution in [0.15, 0.2) is 42.6 Å². The van der Waals surface area contributed by atoms with Gasteiger partial charge >= 0.3 is 0 Å². The fourth-order valence-corrected chi connectivity index (χ4v) is 2.80. The van der Waals surface area contributed by atoms with E-state index >= 15 is 0 Å². The molecular weight excluding hydrogens is 246 g/mol. The van der Waals surface area contributed by atoms with Crippen LogP contribution in [0.2, 0.25) is 0 Å². The van der Waals surface area contributed by atoms with Crippen LogP contribution in [0.25, 0.3) is 0 Å². The van der Waals surface area contributed by atoms with E-state index in [2.05, 4.69) is 40.2 Å². The van der Waals surface area contributed by atoms with Crippen molar-refractivity contribution in [1.29, 1.82) is 5.26 Å². The van der Waals surface area contributed by atoms with E-state index < -0.39 is 0 Å². The van der Waals surface area contributed by atoms with E-state index in [0.717, 1.165) is 31.6 Å². The molecule has 100 valence electrons. The van der Waals surface area contributed by atoms with E-state index in [1.807, 2.05) is 12.1 Å². The number of rotatable bonds is 2. The molecule has 0 spiro atoms. The second kappa shape index (κ2) is 5.85. The maximum absolute atomic E-state index is 8.92. The third-order valence-electron chi connectivity index (χ3n) is 3.78. The van der Waals surface area contributed by atoms with Crippen molar-refractivity contribution in [2.24, 2.45) is 0 Å². The van der Waals surface area contributed by atoms with Gasteiger partial charge in [-0.05, 0) is 48.2 Å². The summed E-state index contributed by atoms with van der Waals surface area (Å²) in [6.07, 6.45) is 4.07. The monoisotopic (exact) mass is 263 g/mol. The van der Waals surface area contributed by atoms with Crippen LogP contribution in [0.4, 0.5) is 0 Å². The van der Waals surface area contributed by atoms with Crippen LogP contribution >= 0.6 is 0 Å². The van der Waals surface area contributed by atoms with Gasteiger partial charge in [0.2, 0.25) is 0 Å². The predicted molar refractivity (Wildman–Crippen MR) is 77.8 cm³/mol. The summed E-state index contributed by atoms with van der Waals surface area (Å²) in [5.41, 5.74) is 4.57. The zero-order valence-corrected chi connectivity index (χ0v) is 11.4. The molecule has 0 bridgehead atoms. The number of aryl methyl sites for hydroxylation is 1. The summed E-state index contributed by atoms with van der Waals surface area (Å²) in [5, 5.41) is 8.92. The van der Waals surface area contributed by atoms with Gasteiger partial charge in [-0.25, -0.2) is 4.98 Å². The van der Waals surface area contributed by atoms with Crippen molar-refractivity contribution in [2.75, 3.05) is 6.54 Å². The van der Waals surface area contributed by atoms with Crippen LogP contribution in [0, 0.1) is 11.3 Å². The van der Waals surface area contributed by atoms with Gasteiger partial charge in [0.15, 0.2) is 0 Å². The summed E-state index contributed by atoms with van der Waals surface area (Å²) in [5.74, 6) is 0. The Labute approximate surface area is 119 Å². The maximum atomic E-state index is 8.92. The largest absolute Gasteiger partial charge is 0.295 e. The summed E-state index contributed by atoms with van der Waals surface area (Å²) in [6.45, 7) is 2.96. The van der Waals surface area contributed by atoms with Crippen molar-refractivity contribution in [1.82, 2.24) is 9.88 Å². The summed E-state index contributed by atoms with van der Waals surface area (Å²) in [7, 11) is 0. The van der Waals surface area contributed by atoms with E-state index in [-0.39, 0.29) is 0 Å². The van der Waals surface area contributed by atoms with Gasteiger partial charge in [-0.2, -0.15) is 5.26 Å². The van der Waals surface area contributed by atoms with Gasteiger partial charge in [-0.1, -0.05) is 24.3 Å². The fourth-order valence-electron chi connectivity index (χ4n) is 2.80. The van der Waals surface area contributed by atoms with Crippen molar-refractivity contribution in [3.8, 4) is 6.07 Å². The molecule has 0 N–H and O–H groups in total. The molecule has 0 radical (unpaired) electrons. The molecular formula is C17H17N3. The van der Waals surface area contributed by atoms with E-state index in [4.69, 9.17) is 5.26 Å². The van der Waals surface area contributed by atoms with Crippen molar-refractivity contribution in [3.63, 3.8) is 0 Å². The molecule has 0 aliphatic carbocycles. The number of hydrogen-bond donors (Lipinski definition) is 0. The molecule has 1 aromatic carbocycles. The molecule has 0 fully saturated rings. The highest BCUT2D eigenvalue weighted by Crippen LogP contribution is 2.20. The Hall–Kier alpha value is -2.18. The van der Waals surface area contributed by atoms with Gasteiger partial charge in [0, 0.05) is 19.3 Å². The third kappa shape index (κ3) is 2.87. The van der Waals surface area contributed by atoms with E-state index in [9.17, 15) is 0 Å². The molecule has 3 heteroatoms. The van der Waals surface area contributed by atoms with Gasteiger partial charge in [0.05, 0.1) is 0 Å². The average molecular weight is 263 g/mol. The molecule has 0 saturated carbocycles. The third-order valence-corrected chi connectivity index (χ3v) is 3.78. The summed E-state index contributed by atoms with van der Waals surface area (Å²) < 4.78 is 0. The second-order valence-electron chi connectivity index (χ2n) is 5.24. The summed E-state index contributed by atoms with van der Waals surface area (Å²) >= 11 is 0. The first-order valence-electron chi connectivity index (χ1n) is 6.99. The van der Waals surface area contributed by atoms with Crippen LogP contribution in [-0.4, -0.2) is 16.4 Å². The Balaban J connectivity index is 1.77. The molecule has 3 nitrogen and oxygen atoms in total. The summed E-state index contributed by atoms with van der Waals surface area (Å²) in [4.78, 5) is 6.47. The Morgan fingerprint density at radius 1 is 1.20 bits per heavy atom. The standard InChI is InChI=1S/C17H17N3/c18-11-17-10-14(7-8-19-17)12-20-9-3-6-15-4-1-2-5-16(15)13-20/h1-2,4-5,7-8,10H,3,6,9,12-13H2. The number of pyridine rings is 1. The molecule has 1 aliphatic rings. The Morgan fingerprint density at radius 3 is 2.90 bits per heavy atom. The topological polar surface area (TPSA) is 39.9 Å². The number of nitriles is 1. The zero-order valence-electron chi connectivity index (χ0n) is 11.4. The van der Waals surface area contributed by atoms with Crippen LogP contribution in [0.1, 0.15) is 28.8 Å². The molecule has 20 heavy (non-hydrogen) atoms. The number of benzene rings is 1. The van der Waals surface area contributed by atoms with Crippen molar-refractivity contribution in [3.05, 3.63) is 65.0 Å². The Kier molecular flexibility index (Phi) is 3.76. The molecule has 1 aromatic heterocycles. The second-order valence-corrected chi connectivity index (χ2v) is 5.24. The highest BCUT2D eigenvalue weighted by Gasteiger charge is 2.14. The number of aromatic nitrogens is 1. The number of fused-ring (bicyclic) bond motifs is 1. The molecule has 0 unspecified atom stereocenters. The first kappa shape index (κ1) is 12.8. The quantitative estimate of drug-likeness (QED) is 0.836. The van der Waals surface area contributed by atoms with Crippen molar-refractivity contribution >= 4 is 0 Å². The molecule has 0 atom stereocenters. The first-order chi connectivity index (χ1) is 9.85. The molecule has 2 aromatic rings. The van der Waals surface area contributed by atoms with E-state index in [0.29, 0.717) is 5.69 Å². The lowest BCUT2D eigenvalue weighted by Crippen LogP contribution is -2.22. The fraction of sp³-hybridized carbons (Fsp3) is 0.294. The van der Waals surface area contributed by atoms with Gasteiger partial charge in [0.1, 0.15) is 11.8 Å². The van der Waals surface area contributed by atoms with E-state index in [1.54, 1.807) is 6.20 Å². The smallest absolute Gasteiger partial charge is 0.140 e. The normalized spacial score (nSPS) is 15.2. The Morgan fingerprint density at radius 2 is 2.05 bits per heavy atom. The minimum Gasteiger partial charge on any atom is -0.295 e. The van der Waals surface area contributed by atoms with Gasteiger partial charge in [0.25, 0.3) is 0 Å².